The van der Waals surface area contributed by atoms with Gasteiger partial charge >= 0.3 is 11.6 Å². The summed E-state index contributed by atoms with van der Waals surface area (Å²) in [5.41, 5.74) is 1.45. The maximum atomic E-state index is 12.0. The molecule has 2 aromatic carbocycles. The molecule has 0 spiro atoms. The molecule has 0 fully saturated rings. The van der Waals surface area contributed by atoms with Gasteiger partial charge in [-0.2, -0.15) is 0 Å². The fourth-order valence-corrected chi connectivity index (χ4v) is 2.15. The Balaban J connectivity index is 1.75. The molecule has 0 radical (unpaired) electrons. The molecule has 0 atom stereocenters. The summed E-state index contributed by atoms with van der Waals surface area (Å²) in [4.78, 5) is 24.0. The minimum atomic E-state index is -0.662. The van der Waals surface area contributed by atoms with Crippen molar-refractivity contribution in [1.29, 1.82) is 0 Å². The molecule has 3 aromatic rings. The number of rotatable bonds is 4. The predicted molar refractivity (Wildman–Crippen MR) is 86.0 cm³/mol. The van der Waals surface area contributed by atoms with E-state index in [0.29, 0.717) is 5.56 Å². The van der Waals surface area contributed by atoms with Crippen molar-refractivity contribution in [3.05, 3.63) is 94.5 Å². The van der Waals surface area contributed by atoms with Gasteiger partial charge in [0.2, 0.25) is 5.76 Å². The Kier molecular flexibility index (Phi) is 4.34. The lowest BCUT2D eigenvalue weighted by atomic mass is 10.1. The molecule has 0 aliphatic rings. The normalized spacial score (nSPS) is 10.3. The van der Waals surface area contributed by atoms with Crippen molar-refractivity contribution >= 4 is 5.97 Å². The molecule has 0 bridgehead atoms. The molecule has 0 N–H and O–H groups in total. The largest absolute Gasteiger partial charge is 0.455 e. The zero-order valence-electron chi connectivity index (χ0n) is 12.3. The Labute approximate surface area is 133 Å². The SMILES string of the molecule is O=C(OCc1ccccc1)c1ccc(-c2ccccc2)c(=O)o1. The van der Waals surface area contributed by atoms with Gasteiger partial charge < -0.3 is 9.15 Å². The first kappa shape index (κ1) is 14.8. The van der Waals surface area contributed by atoms with Crippen molar-refractivity contribution in [3.8, 4) is 11.1 Å². The number of benzene rings is 2. The molecule has 23 heavy (non-hydrogen) atoms. The summed E-state index contributed by atoms with van der Waals surface area (Å²) < 4.78 is 10.2. The Morgan fingerprint density at radius 3 is 2.17 bits per heavy atom. The highest BCUT2D eigenvalue weighted by Crippen LogP contribution is 2.15. The molecular formula is C19H14O4. The molecule has 0 unspecified atom stereocenters. The lowest BCUT2D eigenvalue weighted by molar-refractivity contribution is 0.0431. The minimum absolute atomic E-state index is 0.106. The van der Waals surface area contributed by atoms with E-state index in [4.69, 9.17) is 9.15 Å². The smallest absolute Gasteiger partial charge is 0.374 e. The number of hydrogen-bond acceptors (Lipinski definition) is 4. The van der Waals surface area contributed by atoms with E-state index in [0.717, 1.165) is 11.1 Å². The molecule has 0 saturated carbocycles. The average Bonchev–Trinajstić information content (AvgIpc) is 2.61. The van der Waals surface area contributed by atoms with Crippen molar-refractivity contribution in [3.63, 3.8) is 0 Å². The fourth-order valence-electron chi connectivity index (χ4n) is 2.15. The number of carbonyl (C=O) groups is 1. The maximum absolute atomic E-state index is 12.0. The summed E-state index contributed by atoms with van der Waals surface area (Å²) in [6.07, 6.45) is 0. The van der Waals surface area contributed by atoms with Crippen LogP contribution in [0.3, 0.4) is 0 Å². The van der Waals surface area contributed by atoms with Gasteiger partial charge in [-0.25, -0.2) is 9.59 Å². The molecule has 4 nitrogen and oxygen atoms in total. The standard InChI is InChI=1S/C19H14O4/c20-18-16(15-9-5-2-6-10-15)11-12-17(23-18)19(21)22-13-14-7-3-1-4-8-14/h1-12H,13H2. The number of esters is 1. The minimum Gasteiger partial charge on any atom is -0.455 e. The van der Waals surface area contributed by atoms with Crippen LogP contribution in [-0.4, -0.2) is 5.97 Å². The number of ether oxygens (including phenoxy) is 1. The van der Waals surface area contributed by atoms with Crippen LogP contribution in [0.1, 0.15) is 16.1 Å². The highest BCUT2D eigenvalue weighted by molar-refractivity contribution is 5.86. The second-order valence-corrected chi connectivity index (χ2v) is 4.93. The van der Waals surface area contributed by atoms with Crippen LogP contribution in [0.2, 0.25) is 0 Å². The highest BCUT2D eigenvalue weighted by Gasteiger charge is 2.13. The summed E-state index contributed by atoms with van der Waals surface area (Å²) in [5.74, 6) is -0.767. The van der Waals surface area contributed by atoms with Gasteiger partial charge in [0.05, 0.1) is 5.56 Å². The van der Waals surface area contributed by atoms with E-state index in [2.05, 4.69) is 0 Å². The second kappa shape index (κ2) is 6.75. The first-order chi connectivity index (χ1) is 11.2. The quantitative estimate of drug-likeness (QED) is 0.690. The van der Waals surface area contributed by atoms with E-state index in [1.54, 1.807) is 18.2 Å². The average molecular weight is 306 g/mol. The lowest BCUT2D eigenvalue weighted by Gasteiger charge is -2.05. The van der Waals surface area contributed by atoms with Crippen LogP contribution in [0.15, 0.2) is 82.0 Å². The third-order valence-corrected chi connectivity index (χ3v) is 3.32. The van der Waals surface area contributed by atoms with Crippen LogP contribution in [0.5, 0.6) is 0 Å². The predicted octanol–water partition coefficient (Wildman–Crippen LogP) is 3.66. The van der Waals surface area contributed by atoms with E-state index in [1.165, 1.54) is 6.07 Å². The van der Waals surface area contributed by atoms with Gasteiger partial charge in [-0.15, -0.1) is 0 Å². The zero-order valence-corrected chi connectivity index (χ0v) is 12.3. The molecular weight excluding hydrogens is 292 g/mol. The van der Waals surface area contributed by atoms with E-state index < -0.39 is 11.6 Å². The molecule has 3 rings (SSSR count). The maximum Gasteiger partial charge on any atom is 0.374 e. The Morgan fingerprint density at radius 2 is 1.52 bits per heavy atom. The van der Waals surface area contributed by atoms with Crippen molar-refractivity contribution in [1.82, 2.24) is 0 Å². The van der Waals surface area contributed by atoms with Gasteiger partial charge in [0.1, 0.15) is 6.61 Å². The first-order valence-corrected chi connectivity index (χ1v) is 7.14. The van der Waals surface area contributed by atoms with Crippen LogP contribution < -0.4 is 5.63 Å². The van der Waals surface area contributed by atoms with E-state index >= 15 is 0 Å². The molecule has 114 valence electrons. The topological polar surface area (TPSA) is 56.5 Å². The van der Waals surface area contributed by atoms with Crippen LogP contribution in [-0.2, 0) is 11.3 Å². The summed E-state index contributed by atoms with van der Waals surface area (Å²) in [5, 5.41) is 0. The highest BCUT2D eigenvalue weighted by atomic mass is 16.5. The third-order valence-electron chi connectivity index (χ3n) is 3.32. The first-order valence-electron chi connectivity index (χ1n) is 7.14. The summed E-state index contributed by atoms with van der Waals surface area (Å²) in [6.45, 7) is 0.129. The van der Waals surface area contributed by atoms with Gasteiger partial charge in [-0.1, -0.05) is 60.7 Å². The van der Waals surface area contributed by atoms with E-state index in [9.17, 15) is 9.59 Å². The lowest BCUT2D eigenvalue weighted by Crippen LogP contribution is -2.11. The summed E-state index contributed by atoms with van der Waals surface area (Å²) in [6, 6.07) is 21.5. The second-order valence-electron chi connectivity index (χ2n) is 4.93. The van der Waals surface area contributed by atoms with Gasteiger partial charge in [0.15, 0.2) is 0 Å². The Bertz CT molecular complexity index is 851. The van der Waals surface area contributed by atoms with Crippen molar-refractivity contribution in [2.75, 3.05) is 0 Å². The van der Waals surface area contributed by atoms with Crippen LogP contribution in [0, 0.1) is 0 Å². The molecule has 4 heteroatoms. The van der Waals surface area contributed by atoms with Crippen LogP contribution in [0.25, 0.3) is 11.1 Å². The van der Waals surface area contributed by atoms with Crippen LogP contribution >= 0.6 is 0 Å². The monoisotopic (exact) mass is 306 g/mol. The van der Waals surface area contributed by atoms with Crippen molar-refractivity contribution in [2.45, 2.75) is 6.61 Å². The number of hydrogen-bond donors (Lipinski definition) is 0. The summed E-state index contributed by atoms with van der Waals surface area (Å²) >= 11 is 0. The molecule has 0 amide bonds. The molecule has 0 aliphatic heterocycles. The van der Waals surface area contributed by atoms with Gasteiger partial charge in [0, 0.05) is 0 Å². The van der Waals surface area contributed by atoms with Gasteiger partial charge in [-0.3, -0.25) is 0 Å². The van der Waals surface area contributed by atoms with Crippen molar-refractivity contribution < 1.29 is 13.9 Å². The Morgan fingerprint density at radius 1 is 0.870 bits per heavy atom. The Hall–Kier alpha value is -3.14. The van der Waals surface area contributed by atoms with Crippen LogP contribution in [0.4, 0.5) is 0 Å². The zero-order chi connectivity index (χ0) is 16.1. The molecule has 0 saturated heterocycles. The van der Waals surface area contributed by atoms with E-state index in [1.807, 2.05) is 48.5 Å². The summed E-state index contributed by atoms with van der Waals surface area (Å²) in [7, 11) is 0. The molecule has 1 aromatic heterocycles. The number of carbonyl (C=O) groups excluding carboxylic acids is 1. The van der Waals surface area contributed by atoms with Crippen molar-refractivity contribution in [2.24, 2.45) is 0 Å². The van der Waals surface area contributed by atoms with Gasteiger partial charge in [-0.05, 0) is 23.3 Å². The fraction of sp³-hybridized carbons (Fsp3) is 0.0526. The third kappa shape index (κ3) is 3.55. The van der Waals surface area contributed by atoms with E-state index in [-0.39, 0.29) is 12.4 Å². The van der Waals surface area contributed by atoms with Gasteiger partial charge in [0.25, 0.3) is 0 Å². The molecule has 0 aliphatic carbocycles. The molecule has 1 heterocycles.